The lowest BCUT2D eigenvalue weighted by Crippen LogP contribution is -2.27. The summed E-state index contributed by atoms with van der Waals surface area (Å²) in [4.78, 5) is 36.5. The predicted octanol–water partition coefficient (Wildman–Crippen LogP) is 4.78. The van der Waals surface area contributed by atoms with Gasteiger partial charge in [-0.1, -0.05) is 43.3 Å². The molecule has 0 radical (unpaired) electrons. The predicted molar refractivity (Wildman–Crippen MR) is 206 cm³/mol. The normalized spacial score (nSPS) is 13.8. The smallest absolute Gasteiger partial charge is 0.238 e. The molecule has 6 aromatic rings. The number of aromatic nitrogens is 4. The molecule has 0 saturated carbocycles. The lowest BCUT2D eigenvalue weighted by atomic mass is 10.1. The summed E-state index contributed by atoms with van der Waals surface area (Å²) in [5.74, 6) is -1.15. The topological polar surface area (TPSA) is 212 Å². The van der Waals surface area contributed by atoms with Crippen LogP contribution in [0.4, 0.5) is 15.8 Å². The van der Waals surface area contributed by atoms with Crippen LogP contribution < -0.4 is 20.1 Å². The van der Waals surface area contributed by atoms with Gasteiger partial charge in [-0.15, -0.1) is 0 Å². The molecule has 0 saturated heterocycles. The zero-order chi connectivity index (χ0) is 38.7. The quantitative estimate of drug-likeness (QED) is 0.235. The van der Waals surface area contributed by atoms with Crippen molar-refractivity contribution in [2.45, 2.75) is 57.0 Å². The van der Waals surface area contributed by atoms with Crippen molar-refractivity contribution >= 4 is 76.8 Å². The van der Waals surface area contributed by atoms with Crippen LogP contribution in [0.25, 0.3) is 21.9 Å². The average molecular weight is 805 g/mol. The first kappa shape index (κ1) is 39.2. The summed E-state index contributed by atoms with van der Waals surface area (Å²) in [5, 5.41) is 20.0. The molecule has 2 aliphatic rings. The Labute approximate surface area is 321 Å². The number of carbonyl (C=O) groups excluding carboxylic acids is 2. The monoisotopic (exact) mass is 804 g/mol. The van der Waals surface area contributed by atoms with E-state index in [0.717, 1.165) is 45.5 Å². The van der Waals surface area contributed by atoms with E-state index >= 15 is 0 Å². The number of anilines is 2. The van der Waals surface area contributed by atoms with E-state index < -0.39 is 30.8 Å². The molecule has 3 aromatic heterocycles. The van der Waals surface area contributed by atoms with E-state index in [1.165, 1.54) is 17.0 Å². The van der Waals surface area contributed by atoms with E-state index in [1.807, 2.05) is 38.1 Å². The van der Waals surface area contributed by atoms with Gasteiger partial charge in [-0.05, 0) is 67.4 Å². The van der Waals surface area contributed by atoms with Crippen molar-refractivity contribution in [3.63, 3.8) is 0 Å². The molecule has 5 heterocycles. The fraction of sp³-hybridized carbons (Fsp3) is 0.189. The zero-order valence-electron chi connectivity index (χ0n) is 28.6. The standard InChI is InChI=1S/C18H14ClFN4O3S.C18H16N4O3S.CH4/c1-9-2-3-12-17-10(7-22-18(12)23-9)4-16(25)24(17)8-13-14(19)5-11(6-15(13)20)28(21,26)27;1-11-2-7-14-15(8-11)20-21-16-9-17(23)22(18(14)16)10-12-3-5-13(6-4-12)26(19,24)25;/h2-3,5-7H,4,8H2,1H3,(H2,21,26,27);2-8H,9-10H2,1H3,(H2,19,24,25);1H4. The number of pyridine rings is 2. The number of nitrogens with zero attached hydrogens (tertiary/aromatic N) is 6. The molecule has 14 nitrogen and oxygen atoms in total. The lowest BCUT2D eigenvalue weighted by Gasteiger charge is -2.20. The van der Waals surface area contributed by atoms with Gasteiger partial charge in [-0.25, -0.2) is 41.5 Å². The number of halogens is 2. The second-order valence-electron chi connectivity index (χ2n) is 12.9. The molecule has 2 amide bonds. The highest BCUT2D eigenvalue weighted by atomic mass is 35.5. The minimum atomic E-state index is -4.11. The molecule has 0 fully saturated rings. The van der Waals surface area contributed by atoms with E-state index in [0.29, 0.717) is 34.5 Å². The summed E-state index contributed by atoms with van der Waals surface area (Å²) < 4.78 is 60.3. The molecule has 8 rings (SSSR count). The third kappa shape index (κ3) is 7.74. The van der Waals surface area contributed by atoms with Crippen molar-refractivity contribution in [3.05, 3.63) is 117 Å². The summed E-state index contributed by atoms with van der Waals surface area (Å²) in [6.45, 7) is 3.98. The number of benzene rings is 3. The SMILES string of the molecule is C.Cc1ccc2c3c(cnc2n1)CC(=O)N3Cc1c(F)cc(S(N)(=O)=O)cc1Cl.Cc1ccc2c3c(nnc2c1)CC(=O)N3Cc1ccc(S(N)(=O)=O)cc1. The van der Waals surface area contributed by atoms with E-state index in [-0.39, 0.29) is 54.1 Å². The van der Waals surface area contributed by atoms with Gasteiger partial charge < -0.3 is 9.80 Å². The van der Waals surface area contributed by atoms with Crippen LogP contribution >= 0.6 is 11.6 Å². The molecule has 284 valence electrons. The number of rotatable bonds is 6. The lowest BCUT2D eigenvalue weighted by molar-refractivity contribution is -0.118. The third-order valence-electron chi connectivity index (χ3n) is 9.03. The summed E-state index contributed by atoms with van der Waals surface area (Å²) in [6, 6.07) is 17.6. The molecule has 4 N–H and O–H groups in total. The molecule has 0 spiro atoms. The Morgan fingerprint density at radius 1 is 0.782 bits per heavy atom. The van der Waals surface area contributed by atoms with Crippen LogP contribution in [0, 0.1) is 19.7 Å². The number of hydrogen-bond acceptors (Lipinski definition) is 10. The fourth-order valence-electron chi connectivity index (χ4n) is 6.41. The van der Waals surface area contributed by atoms with Gasteiger partial charge in [0.15, 0.2) is 5.65 Å². The Kier molecular flexibility index (Phi) is 10.5. The number of carbonyl (C=O) groups is 2. The summed E-state index contributed by atoms with van der Waals surface area (Å²) in [5.41, 5.74) is 6.63. The minimum absolute atomic E-state index is 0. The molecule has 3 aromatic carbocycles. The molecule has 55 heavy (non-hydrogen) atoms. The van der Waals surface area contributed by atoms with Gasteiger partial charge in [0, 0.05) is 38.8 Å². The van der Waals surface area contributed by atoms with Crippen molar-refractivity contribution in [1.29, 1.82) is 0 Å². The Hall–Kier alpha value is -5.46. The summed E-state index contributed by atoms with van der Waals surface area (Å²) in [6.07, 6.45) is 1.92. The highest BCUT2D eigenvalue weighted by Gasteiger charge is 2.33. The van der Waals surface area contributed by atoms with Crippen LogP contribution in [0.1, 0.15) is 41.1 Å². The maximum absolute atomic E-state index is 14.6. The van der Waals surface area contributed by atoms with Gasteiger partial charge in [0.1, 0.15) is 5.82 Å². The van der Waals surface area contributed by atoms with Gasteiger partial charge in [0.05, 0.1) is 58.3 Å². The van der Waals surface area contributed by atoms with Gasteiger partial charge in [-0.3, -0.25) is 9.59 Å². The van der Waals surface area contributed by atoms with Crippen molar-refractivity contribution in [1.82, 2.24) is 20.2 Å². The Morgan fingerprint density at radius 2 is 1.44 bits per heavy atom. The number of primary sulfonamides is 2. The molecular weight excluding hydrogens is 771 g/mol. The summed E-state index contributed by atoms with van der Waals surface area (Å²) in [7, 11) is -7.84. The third-order valence-corrected chi connectivity index (χ3v) is 11.2. The Morgan fingerprint density at radius 3 is 2.11 bits per heavy atom. The second-order valence-corrected chi connectivity index (χ2v) is 16.4. The van der Waals surface area contributed by atoms with Crippen molar-refractivity contribution in [2.75, 3.05) is 9.80 Å². The van der Waals surface area contributed by atoms with Gasteiger partial charge >= 0.3 is 0 Å². The van der Waals surface area contributed by atoms with Crippen molar-refractivity contribution in [3.8, 4) is 0 Å². The van der Waals surface area contributed by atoms with Crippen LogP contribution in [0.5, 0.6) is 0 Å². The number of nitrogens with two attached hydrogens (primary N) is 2. The van der Waals surface area contributed by atoms with Gasteiger partial charge in [0.2, 0.25) is 31.9 Å². The van der Waals surface area contributed by atoms with E-state index in [1.54, 1.807) is 29.3 Å². The zero-order valence-corrected chi connectivity index (χ0v) is 31.0. The van der Waals surface area contributed by atoms with Crippen LogP contribution in [-0.4, -0.2) is 48.8 Å². The first-order chi connectivity index (χ1) is 25.5. The van der Waals surface area contributed by atoms with Crippen molar-refractivity contribution < 1.29 is 30.8 Å². The highest BCUT2D eigenvalue weighted by Crippen LogP contribution is 2.38. The largest absolute Gasteiger partial charge is 0.306 e. The van der Waals surface area contributed by atoms with Gasteiger partial charge in [-0.2, -0.15) is 10.2 Å². The van der Waals surface area contributed by atoms with Crippen LogP contribution in [0.3, 0.4) is 0 Å². The molecule has 2 aliphatic heterocycles. The van der Waals surface area contributed by atoms with E-state index in [4.69, 9.17) is 21.9 Å². The Bertz CT molecular complexity index is 2760. The molecule has 0 unspecified atom stereocenters. The number of sulfonamides is 2. The molecular formula is C37H34ClFN8O6S2. The first-order valence-corrected chi connectivity index (χ1v) is 19.7. The maximum atomic E-state index is 14.6. The molecule has 0 aliphatic carbocycles. The fourth-order valence-corrected chi connectivity index (χ4v) is 7.81. The van der Waals surface area contributed by atoms with Crippen LogP contribution in [-0.2, 0) is 55.6 Å². The second kappa shape index (κ2) is 14.6. The summed E-state index contributed by atoms with van der Waals surface area (Å²) >= 11 is 6.11. The van der Waals surface area contributed by atoms with Crippen molar-refractivity contribution in [2.24, 2.45) is 10.3 Å². The molecule has 0 bridgehead atoms. The highest BCUT2D eigenvalue weighted by molar-refractivity contribution is 7.89. The van der Waals surface area contributed by atoms with Gasteiger partial charge in [0.25, 0.3) is 0 Å². The van der Waals surface area contributed by atoms with E-state index in [2.05, 4.69) is 20.2 Å². The number of fused-ring (bicyclic) bond motifs is 6. The van der Waals surface area contributed by atoms with Crippen LogP contribution in [0.15, 0.2) is 82.7 Å². The first-order valence-electron chi connectivity index (χ1n) is 16.2. The maximum Gasteiger partial charge on any atom is 0.238 e. The molecule has 18 heteroatoms. The number of aryl methyl sites for hydroxylation is 2. The molecule has 0 atom stereocenters. The number of amides is 2. The minimum Gasteiger partial charge on any atom is -0.306 e. The average Bonchev–Trinajstić information content (AvgIpc) is 3.60. The number of hydrogen-bond donors (Lipinski definition) is 2. The van der Waals surface area contributed by atoms with Crippen LogP contribution in [0.2, 0.25) is 5.02 Å². The van der Waals surface area contributed by atoms with E-state index in [9.17, 15) is 30.8 Å². The Balaban J connectivity index is 0.000000184.